The predicted octanol–water partition coefficient (Wildman–Crippen LogP) is 4.54. The Morgan fingerprint density at radius 1 is 1.23 bits per heavy atom. The molecule has 1 N–H and O–H groups in total. The predicted molar refractivity (Wildman–Crippen MR) is 129 cm³/mol. The van der Waals surface area contributed by atoms with Gasteiger partial charge in [0.1, 0.15) is 17.3 Å². The van der Waals surface area contributed by atoms with Crippen molar-refractivity contribution in [3.05, 3.63) is 65.5 Å². The molecule has 0 bridgehead atoms. The fourth-order valence-electron chi connectivity index (χ4n) is 3.93. The topological polar surface area (TPSA) is 103 Å². The molecule has 1 amide bonds. The zero-order valence-corrected chi connectivity index (χ0v) is 20.2. The average Bonchev–Trinajstić information content (AvgIpc) is 3.34. The second-order valence-corrected chi connectivity index (χ2v) is 10.2. The molecule has 0 atom stereocenters. The van der Waals surface area contributed by atoms with E-state index < -0.39 is 11.7 Å². The first-order valence-corrected chi connectivity index (χ1v) is 11.6. The molecule has 1 aromatic carbocycles. The normalized spacial score (nSPS) is 13.7. The first-order valence-electron chi connectivity index (χ1n) is 11.6. The van der Waals surface area contributed by atoms with Gasteiger partial charge in [-0.2, -0.15) is 0 Å². The number of halogens is 1. The summed E-state index contributed by atoms with van der Waals surface area (Å²) in [5.41, 5.74) is 2.84. The number of hydrogen-bond donors (Lipinski definition) is 1. The molecular formula is C25H27FN8O. The summed E-state index contributed by atoms with van der Waals surface area (Å²) in [7, 11) is 0. The maximum absolute atomic E-state index is 14.8. The van der Waals surface area contributed by atoms with Gasteiger partial charge in [-0.25, -0.2) is 19.0 Å². The second kappa shape index (κ2) is 8.68. The highest BCUT2D eigenvalue weighted by molar-refractivity contribution is 6.04. The number of carbonyl (C=O) groups is 1. The molecule has 35 heavy (non-hydrogen) atoms. The Morgan fingerprint density at radius 3 is 2.77 bits per heavy atom. The van der Waals surface area contributed by atoms with Gasteiger partial charge in [-0.1, -0.05) is 26.8 Å². The molecule has 1 aliphatic carbocycles. The van der Waals surface area contributed by atoms with Crippen LogP contribution in [0.25, 0.3) is 17.2 Å². The van der Waals surface area contributed by atoms with Crippen molar-refractivity contribution in [3.8, 4) is 17.2 Å². The smallest absolute Gasteiger partial charge is 0.259 e. The lowest BCUT2D eigenvalue weighted by Crippen LogP contribution is -2.18. The standard InChI is InChI=1S/C25H27FN8O/c1-15-10-18(26)17(11-21(15)33-12-20(27-14-33)16-8-9-16)24(35)29-22-7-5-6-19(28-22)23-30-31-32-34(23)13-25(2,3)4/h5-7,10-12,14,16H,8-9,13H2,1-4H3,(H,28,29,35). The highest BCUT2D eigenvalue weighted by Crippen LogP contribution is 2.39. The molecule has 0 saturated heterocycles. The lowest BCUT2D eigenvalue weighted by molar-refractivity contribution is 0.102. The zero-order chi connectivity index (χ0) is 24.7. The van der Waals surface area contributed by atoms with Crippen LogP contribution >= 0.6 is 0 Å². The average molecular weight is 475 g/mol. The summed E-state index contributed by atoms with van der Waals surface area (Å²) < 4.78 is 18.3. The molecule has 180 valence electrons. The van der Waals surface area contributed by atoms with E-state index in [0.29, 0.717) is 35.2 Å². The first kappa shape index (κ1) is 22.8. The molecule has 3 aromatic heterocycles. The number of hydrogen-bond acceptors (Lipinski definition) is 6. The number of anilines is 1. The number of pyridine rings is 1. The van der Waals surface area contributed by atoms with Crippen molar-refractivity contribution in [2.45, 2.75) is 53.0 Å². The van der Waals surface area contributed by atoms with Gasteiger partial charge in [0.05, 0.1) is 29.8 Å². The molecule has 0 spiro atoms. The van der Waals surface area contributed by atoms with Crippen LogP contribution < -0.4 is 5.32 Å². The van der Waals surface area contributed by atoms with E-state index in [2.05, 4.69) is 51.6 Å². The minimum absolute atomic E-state index is 0.0364. The highest BCUT2D eigenvalue weighted by Gasteiger charge is 2.26. The Kier molecular flexibility index (Phi) is 5.66. The lowest BCUT2D eigenvalue weighted by Gasteiger charge is -2.18. The van der Waals surface area contributed by atoms with Crippen LogP contribution in [0.4, 0.5) is 10.2 Å². The van der Waals surface area contributed by atoms with Gasteiger partial charge in [-0.3, -0.25) is 4.79 Å². The van der Waals surface area contributed by atoms with Gasteiger partial charge in [-0.05, 0) is 65.4 Å². The minimum atomic E-state index is -0.600. The molecule has 1 aliphatic rings. The first-order chi connectivity index (χ1) is 16.7. The third-order valence-electron chi connectivity index (χ3n) is 5.78. The summed E-state index contributed by atoms with van der Waals surface area (Å²) in [6, 6.07) is 8.07. The fraction of sp³-hybridized carbons (Fsp3) is 0.360. The number of nitrogens with zero attached hydrogens (tertiary/aromatic N) is 7. The van der Waals surface area contributed by atoms with E-state index in [1.807, 2.05) is 17.7 Å². The molecule has 4 aromatic rings. The van der Waals surface area contributed by atoms with Crippen molar-refractivity contribution in [3.63, 3.8) is 0 Å². The summed E-state index contributed by atoms with van der Waals surface area (Å²) in [5.74, 6) is 0.0775. The van der Waals surface area contributed by atoms with Crippen molar-refractivity contribution in [2.24, 2.45) is 5.41 Å². The van der Waals surface area contributed by atoms with Gasteiger partial charge in [0.2, 0.25) is 5.82 Å². The van der Waals surface area contributed by atoms with Gasteiger partial charge < -0.3 is 9.88 Å². The summed E-state index contributed by atoms with van der Waals surface area (Å²) in [4.78, 5) is 22.0. The number of tetrazole rings is 1. The van der Waals surface area contributed by atoms with E-state index in [4.69, 9.17) is 0 Å². The zero-order valence-electron chi connectivity index (χ0n) is 20.2. The molecule has 0 aliphatic heterocycles. The van der Waals surface area contributed by atoms with Crippen LogP contribution in [-0.4, -0.2) is 40.6 Å². The summed E-state index contributed by atoms with van der Waals surface area (Å²) in [5, 5.41) is 14.6. The molecule has 1 fully saturated rings. The minimum Gasteiger partial charge on any atom is -0.306 e. The number of amides is 1. The molecule has 9 nitrogen and oxygen atoms in total. The summed E-state index contributed by atoms with van der Waals surface area (Å²) >= 11 is 0. The Balaban J connectivity index is 1.40. The second-order valence-electron chi connectivity index (χ2n) is 10.2. The SMILES string of the molecule is Cc1cc(F)c(C(=O)Nc2cccc(-c3nnnn3CC(C)(C)C)n2)cc1-n1cnc(C2CC2)c1. The Hall–Kier alpha value is -3.95. The Labute approximate surface area is 202 Å². The Morgan fingerprint density at radius 2 is 2.03 bits per heavy atom. The lowest BCUT2D eigenvalue weighted by atomic mass is 9.97. The molecule has 3 heterocycles. The van der Waals surface area contributed by atoms with Crippen LogP contribution in [-0.2, 0) is 6.54 Å². The third-order valence-corrected chi connectivity index (χ3v) is 5.78. The van der Waals surface area contributed by atoms with Crippen LogP contribution in [0.5, 0.6) is 0 Å². The highest BCUT2D eigenvalue weighted by atomic mass is 19.1. The van der Waals surface area contributed by atoms with Gasteiger partial charge in [0.15, 0.2) is 0 Å². The number of nitrogens with one attached hydrogen (secondary N) is 1. The fourth-order valence-corrected chi connectivity index (χ4v) is 3.93. The third kappa shape index (κ3) is 4.96. The van der Waals surface area contributed by atoms with Gasteiger partial charge in [0, 0.05) is 12.1 Å². The van der Waals surface area contributed by atoms with E-state index in [0.717, 1.165) is 18.5 Å². The van der Waals surface area contributed by atoms with Crippen LogP contribution in [0.15, 0.2) is 42.9 Å². The van der Waals surface area contributed by atoms with Gasteiger partial charge >= 0.3 is 0 Å². The molecular weight excluding hydrogens is 447 g/mol. The van der Waals surface area contributed by atoms with E-state index in [1.54, 1.807) is 35.3 Å². The summed E-state index contributed by atoms with van der Waals surface area (Å²) in [6.45, 7) is 8.67. The molecule has 0 unspecified atom stereocenters. The van der Waals surface area contributed by atoms with E-state index in [1.165, 1.54) is 6.07 Å². The van der Waals surface area contributed by atoms with Gasteiger partial charge in [-0.15, -0.1) is 5.10 Å². The van der Waals surface area contributed by atoms with Crippen LogP contribution in [0.2, 0.25) is 0 Å². The van der Waals surface area contributed by atoms with Crippen LogP contribution in [0.3, 0.4) is 0 Å². The number of rotatable bonds is 6. The van der Waals surface area contributed by atoms with Crippen molar-refractivity contribution in [2.75, 3.05) is 5.32 Å². The number of imidazole rings is 1. The molecule has 5 rings (SSSR count). The van der Waals surface area contributed by atoms with Crippen molar-refractivity contribution >= 4 is 11.7 Å². The maximum atomic E-state index is 14.8. The monoisotopic (exact) mass is 474 g/mol. The number of carbonyl (C=O) groups excluding carboxylic acids is 1. The molecule has 1 saturated carbocycles. The number of aryl methyl sites for hydroxylation is 1. The van der Waals surface area contributed by atoms with Crippen molar-refractivity contribution in [1.82, 2.24) is 34.7 Å². The molecule has 10 heteroatoms. The van der Waals surface area contributed by atoms with Crippen LogP contribution in [0.1, 0.15) is 61.1 Å². The van der Waals surface area contributed by atoms with Gasteiger partial charge in [0.25, 0.3) is 5.91 Å². The van der Waals surface area contributed by atoms with Crippen molar-refractivity contribution < 1.29 is 9.18 Å². The largest absolute Gasteiger partial charge is 0.306 e. The Bertz CT molecular complexity index is 1400. The maximum Gasteiger partial charge on any atom is 0.259 e. The van der Waals surface area contributed by atoms with E-state index >= 15 is 0 Å². The molecule has 0 radical (unpaired) electrons. The van der Waals surface area contributed by atoms with E-state index in [-0.39, 0.29) is 16.8 Å². The quantitative estimate of drug-likeness (QED) is 0.440. The number of benzene rings is 1. The van der Waals surface area contributed by atoms with E-state index in [9.17, 15) is 9.18 Å². The summed E-state index contributed by atoms with van der Waals surface area (Å²) in [6.07, 6.45) is 5.94. The van der Waals surface area contributed by atoms with Crippen molar-refractivity contribution in [1.29, 1.82) is 0 Å². The van der Waals surface area contributed by atoms with Crippen LogP contribution in [0, 0.1) is 18.2 Å². The number of aromatic nitrogens is 7.